The van der Waals surface area contributed by atoms with E-state index in [2.05, 4.69) is 6.07 Å². The van der Waals surface area contributed by atoms with Gasteiger partial charge in [-0.2, -0.15) is 0 Å². The van der Waals surface area contributed by atoms with Crippen LogP contribution in [-0.2, 0) is 5.60 Å². The second kappa shape index (κ2) is 4.85. The predicted molar refractivity (Wildman–Crippen MR) is 62.7 cm³/mol. The third kappa shape index (κ3) is 2.12. The van der Waals surface area contributed by atoms with Crippen molar-refractivity contribution in [3.63, 3.8) is 0 Å². The Hall–Kier alpha value is -0.470. The van der Waals surface area contributed by atoms with Gasteiger partial charge in [0.2, 0.25) is 0 Å². The first-order chi connectivity index (χ1) is 6.68. The van der Waals surface area contributed by atoms with Gasteiger partial charge in [-0.3, -0.25) is 0 Å². The van der Waals surface area contributed by atoms with Gasteiger partial charge in [0.15, 0.2) is 0 Å². The Bertz CT molecular complexity index is 292. The van der Waals surface area contributed by atoms with Gasteiger partial charge in [-0.1, -0.05) is 32.0 Å². The van der Waals surface area contributed by atoms with Crippen LogP contribution in [0, 0.1) is 0 Å². The zero-order valence-corrected chi connectivity index (χ0v) is 9.90. The van der Waals surface area contributed by atoms with E-state index in [1.807, 2.05) is 38.3 Å². The molecule has 2 heteroatoms. The highest BCUT2D eigenvalue weighted by Gasteiger charge is 2.26. The largest absolute Gasteiger partial charge is 0.385 e. The summed E-state index contributed by atoms with van der Waals surface area (Å²) in [6.07, 6.45) is 3.58. The van der Waals surface area contributed by atoms with Gasteiger partial charge in [0, 0.05) is 4.90 Å². The first-order valence-corrected chi connectivity index (χ1v) is 6.26. The molecule has 1 aromatic rings. The van der Waals surface area contributed by atoms with Crippen molar-refractivity contribution < 1.29 is 5.11 Å². The molecule has 0 aliphatic heterocycles. The molecule has 0 amide bonds. The van der Waals surface area contributed by atoms with Crippen LogP contribution in [0.15, 0.2) is 29.2 Å². The quantitative estimate of drug-likeness (QED) is 0.768. The van der Waals surface area contributed by atoms with Crippen molar-refractivity contribution in [2.45, 2.75) is 37.2 Å². The summed E-state index contributed by atoms with van der Waals surface area (Å²) in [4.78, 5) is 1.18. The molecule has 0 atom stereocenters. The minimum atomic E-state index is -0.653. The lowest BCUT2D eigenvalue weighted by Gasteiger charge is -2.27. The van der Waals surface area contributed by atoms with E-state index in [-0.39, 0.29) is 0 Å². The molecule has 1 rings (SSSR count). The fraction of sp³-hybridized carbons (Fsp3) is 0.500. The van der Waals surface area contributed by atoms with Crippen LogP contribution in [0.2, 0.25) is 0 Å². The Kier molecular flexibility index (Phi) is 4.02. The molecule has 0 bridgehead atoms. The Morgan fingerprint density at radius 1 is 1.21 bits per heavy atom. The van der Waals surface area contributed by atoms with Crippen molar-refractivity contribution in [1.82, 2.24) is 0 Å². The maximum Gasteiger partial charge on any atom is 0.0902 e. The molecule has 0 saturated carbocycles. The predicted octanol–water partition coefficient (Wildman–Crippen LogP) is 3.42. The maximum absolute atomic E-state index is 10.4. The summed E-state index contributed by atoms with van der Waals surface area (Å²) < 4.78 is 0. The lowest BCUT2D eigenvalue weighted by atomic mass is 9.89. The third-order valence-corrected chi connectivity index (χ3v) is 3.57. The molecular formula is C12H18OS. The van der Waals surface area contributed by atoms with E-state index in [0.29, 0.717) is 0 Å². The molecule has 0 spiro atoms. The first-order valence-electron chi connectivity index (χ1n) is 5.03. The minimum Gasteiger partial charge on any atom is -0.385 e. The van der Waals surface area contributed by atoms with Gasteiger partial charge in [-0.25, -0.2) is 0 Å². The number of thioether (sulfide) groups is 1. The fourth-order valence-corrected chi connectivity index (χ4v) is 2.35. The van der Waals surface area contributed by atoms with Crippen LogP contribution in [0.25, 0.3) is 0 Å². The van der Waals surface area contributed by atoms with Gasteiger partial charge >= 0.3 is 0 Å². The highest BCUT2D eigenvalue weighted by Crippen LogP contribution is 2.34. The van der Waals surface area contributed by atoms with E-state index < -0.39 is 5.60 Å². The monoisotopic (exact) mass is 210 g/mol. The van der Waals surface area contributed by atoms with Crippen molar-refractivity contribution in [3.05, 3.63) is 29.8 Å². The Morgan fingerprint density at radius 2 is 1.79 bits per heavy atom. The molecule has 1 nitrogen and oxygen atoms in total. The van der Waals surface area contributed by atoms with Gasteiger partial charge in [0.1, 0.15) is 0 Å². The second-order valence-corrected chi connectivity index (χ2v) is 4.29. The zero-order chi connectivity index (χ0) is 10.6. The van der Waals surface area contributed by atoms with Crippen LogP contribution in [0.1, 0.15) is 32.3 Å². The summed E-state index contributed by atoms with van der Waals surface area (Å²) in [6, 6.07) is 8.10. The Morgan fingerprint density at radius 3 is 2.29 bits per heavy atom. The highest BCUT2D eigenvalue weighted by atomic mass is 32.2. The second-order valence-electron chi connectivity index (χ2n) is 3.44. The van der Waals surface area contributed by atoms with Crippen LogP contribution in [0.4, 0.5) is 0 Å². The van der Waals surface area contributed by atoms with E-state index in [1.165, 1.54) is 4.90 Å². The van der Waals surface area contributed by atoms with E-state index in [4.69, 9.17) is 0 Å². The third-order valence-electron chi connectivity index (χ3n) is 2.78. The average Bonchev–Trinajstić information content (AvgIpc) is 2.28. The van der Waals surface area contributed by atoms with E-state index in [0.717, 1.165) is 18.4 Å². The smallest absolute Gasteiger partial charge is 0.0902 e. The van der Waals surface area contributed by atoms with Crippen LogP contribution in [-0.4, -0.2) is 11.4 Å². The normalized spacial score (nSPS) is 11.7. The lowest BCUT2D eigenvalue weighted by molar-refractivity contribution is 0.0258. The van der Waals surface area contributed by atoms with Crippen LogP contribution >= 0.6 is 11.8 Å². The van der Waals surface area contributed by atoms with Crippen molar-refractivity contribution in [1.29, 1.82) is 0 Å². The van der Waals surface area contributed by atoms with Crippen molar-refractivity contribution in [2.24, 2.45) is 0 Å². The minimum absolute atomic E-state index is 0.653. The van der Waals surface area contributed by atoms with Gasteiger partial charge in [0.05, 0.1) is 5.60 Å². The zero-order valence-electron chi connectivity index (χ0n) is 9.08. The Labute approximate surface area is 90.5 Å². The van der Waals surface area contributed by atoms with Gasteiger partial charge < -0.3 is 5.11 Å². The standard InChI is InChI=1S/C12H18OS/c1-4-12(13,5-2)10-8-6-7-9-11(10)14-3/h6-9,13H,4-5H2,1-3H3. The summed E-state index contributed by atoms with van der Waals surface area (Å²) >= 11 is 1.69. The van der Waals surface area contributed by atoms with Gasteiger partial charge in [0.25, 0.3) is 0 Å². The van der Waals surface area contributed by atoms with Crippen LogP contribution in [0.3, 0.4) is 0 Å². The topological polar surface area (TPSA) is 20.2 Å². The molecule has 1 N–H and O–H groups in total. The van der Waals surface area contributed by atoms with E-state index >= 15 is 0 Å². The highest BCUT2D eigenvalue weighted by molar-refractivity contribution is 7.98. The number of hydrogen-bond donors (Lipinski definition) is 1. The lowest BCUT2D eigenvalue weighted by Crippen LogP contribution is -2.24. The van der Waals surface area contributed by atoms with Crippen LogP contribution < -0.4 is 0 Å². The summed E-state index contributed by atoms with van der Waals surface area (Å²) in [5.41, 5.74) is 0.414. The molecule has 0 unspecified atom stereocenters. The number of hydrogen-bond acceptors (Lipinski definition) is 2. The van der Waals surface area contributed by atoms with E-state index in [1.54, 1.807) is 11.8 Å². The van der Waals surface area contributed by atoms with Gasteiger partial charge in [-0.05, 0) is 30.7 Å². The molecule has 0 aliphatic rings. The molecule has 0 aliphatic carbocycles. The summed E-state index contributed by atoms with van der Waals surface area (Å²) in [5.74, 6) is 0. The summed E-state index contributed by atoms with van der Waals surface area (Å²) in [7, 11) is 0. The molecule has 0 saturated heterocycles. The van der Waals surface area contributed by atoms with E-state index in [9.17, 15) is 5.11 Å². The average molecular weight is 210 g/mol. The molecular weight excluding hydrogens is 192 g/mol. The summed E-state index contributed by atoms with van der Waals surface area (Å²) in [6.45, 7) is 4.06. The number of aliphatic hydroxyl groups is 1. The molecule has 78 valence electrons. The van der Waals surface area contributed by atoms with Gasteiger partial charge in [-0.15, -0.1) is 11.8 Å². The molecule has 1 aromatic carbocycles. The number of rotatable bonds is 4. The number of benzene rings is 1. The Balaban J connectivity index is 3.15. The van der Waals surface area contributed by atoms with Crippen molar-refractivity contribution in [2.75, 3.05) is 6.26 Å². The SMILES string of the molecule is CCC(O)(CC)c1ccccc1SC. The molecule has 14 heavy (non-hydrogen) atoms. The first kappa shape index (κ1) is 11.6. The molecule has 0 fully saturated rings. The summed E-state index contributed by atoms with van der Waals surface area (Å²) in [5, 5.41) is 10.4. The molecule has 0 radical (unpaired) electrons. The molecule has 0 heterocycles. The van der Waals surface area contributed by atoms with Crippen molar-refractivity contribution in [3.8, 4) is 0 Å². The maximum atomic E-state index is 10.4. The fourth-order valence-electron chi connectivity index (χ4n) is 1.66. The van der Waals surface area contributed by atoms with Crippen LogP contribution in [0.5, 0.6) is 0 Å². The van der Waals surface area contributed by atoms with Crippen molar-refractivity contribution >= 4 is 11.8 Å². The molecule has 0 aromatic heterocycles.